The molecule has 0 saturated carbocycles. The lowest BCUT2D eigenvalue weighted by atomic mass is 10.1. The molecule has 0 amide bonds. The molecule has 0 radical (unpaired) electrons. The number of hydrogen-bond acceptors (Lipinski definition) is 5. The number of rotatable bonds is 7. The first-order valence-corrected chi connectivity index (χ1v) is 11.6. The second-order valence-corrected chi connectivity index (χ2v) is 9.38. The van der Waals surface area contributed by atoms with E-state index in [-0.39, 0.29) is 38.1 Å². The summed E-state index contributed by atoms with van der Waals surface area (Å²) in [4.78, 5) is 6.83. The van der Waals surface area contributed by atoms with Gasteiger partial charge in [0.05, 0.1) is 6.10 Å². The third kappa shape index (κ3) is 7.26. The zero-order chi connectivity index (χ0) is 21.5. The molecule has 0 aromatic carbocycles. The van der Waals surface area contributed by atoms with Gasteiger partial charge in [-0.15, -0.1) is 0 Å². The van der Waals surface area contributed by atoms with E-state index in [0.29, 0.717) is 23.4 Å². The first-order valence-electron chi connectivity index (χ1n) is 10.1. The van der Waals surface area contributed by atoms with Crippen LogP contribution in [0.3, 0.4) is 0 Å². The molecule has 0 unspecified atom stereocenters. The Morgan fingerprint density at radius 2 is 1.76 bits per heavy atom. The SMILES string of the molecule is CCNC(=NCCCN1CCC(O)CC1)NC1CCN(S(=O)(=O)C(F)(F)F)CC1. The van der Waals surface area contributed by atoms with Crippen molar-refractivity contribution < 1.29 is 26.7 Å². The summed E-state index contributed by atoms with van der Waals surface area (Å²) in [5.74, 6) is 0.596. The molecular formula is C17H32F3N5O3S. The number of halogens is 3. The number of piperidine rings is 2. The van der Waals surface area contributed by atoms with Crippen LogP contribution in [0.15, 0.2) is 4.99 Å². The van der Waals surface area contributed by atoms with Crippen LogP contribution in [0.1, 0.15) is 39.0 Å². The average Bonchev–Trinajstić information content (AvgIpc) is 2.66. The van der Waals surface area contributed by atoms with Gasteiger partial charge in [-0.2, -0.15) is 17.5 Å². The maximum Gasteiger partial charge on any atom is 0.511 e. The summed E-state index contributed by atoms with van der Waals surface area (Å²) in [6.07, 6.45) is 2.86. The van der Waals surface area contributed by atoms with Gasteiger partial charge in [-0.25, -0.2) is 8.42 Å². The van der Waals surface area contributed by atoms with Gasteiger partial charge in [0.2, 0.25) is 0 Å². The fraction of sp³-hybridized carbons (Fsp3) is 0.941. The van der Waals surface area contributed by atoms with Crippen molar-refractivity contribution in [3.05, 3.63) is 0 Å². The van der Waals surface area contributed by atoms with E-state index in [2.05, 4.69) is 20.5 Å². The summed E-state index contributed by atoms with van der Waals surface area (Å²) in [5.41, 5.74) is -5.25. The van der Waals surface area contributed by atoms with Crippen LogP contribution in [0.25, 0.3) is 0 Å². The molecule has 2 rings (SSSR count). The molecular weight excluding hydrogens is 411 g/mol. The van der Waals surface area contributed by atoms with Gasteiger partial charge in [0.25, 0.3) is 0 Å². The molecule has 0 spiro atoms. The van der Waals surface area contributed by atoms with Gasteiger partial charge < -0.3 is 20.6 Å². The van der Waals surface area contributed by atoms with E-state index in [9.17, 15) is 26.7 Å². The molecule has 2 aliphatic rings. The van der Waals surface area contributed by atoms with E-state index in [4.69, 9.17) is 0 Å². The highest BCUT2D eigenvalue weighted by Gasteiger charge is 2.50. The van der Waals surface area contributed by atoms with Crippen molar-refractivity contribution in [2.24, 2.45) is 4.99 Å². The van der Waals surface area contributed by atoms with Gasteiger partial charge in [-0.1, -0.05) is 0 Å². The molecule has 29 heavy (non-hydrogen) atoms. The summed E-state index contributed by atoms with van der Waals surface area (Å²) in [6, 6.07) is -0.129. The molecule has 3 N–H and O–H groups in total. The normalized spacial score (nSPS) is 22.0. The third-order valence-electron chi connectivity index (χ3n) is 5.23. The predicted octanol–water partition coefficient (Wildman–Crippen LogP) is 0.702. The summed E-state index contributed by atoms with van der Waals surface area (Å²) in [5, 5.41) is 15.9. The number of hydrogen-bond donors (Lipinski definition) is 3. The van der Waals surface area contributed by atoms with Crippen LogP contribution in [0.2, 0.25) is 0 Å². The Morgan fingerprint density at radius 1 is 1.14 bits per heavy atom. The minimum atomic E-state index is -5.25. The van der Waals surface area contributed by atoms with Crippen LogP contribution in [-0.2, 0) is 10.0 Å². The lowest BCUT2D eigenvalue weighted by Gasteiger charge is -2.32. The van der Waals surface area contributed by atoms with Crippen LogP contribution in [0.4, 0.5) is 13.2 Å². The average molecular weight is 444 g/mol. The molecule has 0 aromatic heterocycles. The number of nitrogens with zero attached hydrogens (tertiary/aromatic N) is 3. The lowest BCUT2D eigenvalue weighted by molar-refractivity contribution is -0.0494. The molecule has 0 atom stereocenters. The van der Waals surface area contributed by atoms with E-state index in [1.165, 1.54) is 0 Å². The second kappa shape index (κ2) is 10.8. The minimum absolute atomic E-state index is 0.129. The third-order valence-corrected chi connectivity index (χ3v) is 6.86. The van der Waals surface area contributed by atoms with E-state index >= 15 is 0 Å². The van der Waals surface area contributed by atoms with Gasteiger partial charge in [-0.3, -0.25) is 4.99 Å². The monoisotopic (exact) mass is 443 g/mol. The number of alkyl halides is 3. The van der Waals surface area contributed by atoms with E-state index in [0.717, 1.165) is 38.9 Å². The lowest BCUT2D eigenvalue weighted by Crippen LogP contribution is -2.51. The molecule has 170 valence electrons. The first-order chi connectivity index (χ1) is 13.6. The van der Waals surface area contributed by atoms with E-state index < -0.39 is 15.5 Å². The van der Waals surface area contributed by atoms with Crippen molar-refractivity contribution in [1.29, 1.82) is 0 Å². The van der Waals surface area contributed by atoms with Gasteiger partial charge in [0, 0.05) is 45.3 Å². The van der Waals surface area contributed by atoms with Crippen molar-refractivity contribution in [2.45, 2.75) is 56.7 Å². The Kier molecular flexibility index (Phi) is 8.98. The van der Waals surface area contributed by atoms with E-state index in [1.54, 1.807) is 0 Å². The molecule has 2 saturated heterocycles. The fourth-order valence-corrected chi connectivity index (χ4v) is 4.51. The maximum atomic E-state index is 12.7. The summed E-state index contributed by atoms with van der Waals surface area (Å²) >= 11 is 0. The fourth-order valence-electron chi connectivity index (χ4n) is 3.53. The second-order valence-electron chi connectivity index (χ2n) is 7.46. The van der Waals surface area contributed by atoms with Crippen LogP contribution in [-0.4, -0.2) is 92.2 Å². The van der Waals surface area contributed by atoms with Gasteiger partial charge in [0.15, 0.2) is 5.96 Å². The number of aliphatic imine (C=N–C) groups is 1. The number of guanidine groups is 1. The molecule has 2 fully saturated rings. The quantitative estimate of drug-likeness (QED) is 0.305. The standard InChI is InChI=1S/C17H32F3N5O3S/c1-2-21-16(22-8-3-9-24-10-6-15(26)7-11-24)23-14-4-12-25(13-5-14)29(27,28)17(18,19)20/h14-15,26H,2-13H2,1H3,(H2,21,22,23). The Bertz CT molecular complexity index is 629. The zero-order valence-electron chi connectivity index (χ0n) is 16.8. The Balaban J connectivity index is 1.76. The largest absolute Gasteiger partial charge is 0.511 e. The smallest absolute Gasteiger partial charge is 0.393 e. The highest BCUT2D eigenvalue weighted by molar-refractivity contribution is 7.90. The number of aliphatic hydroxyl groups excluding tert-OH is 1. The molecule has 12 heteroatoms. The van der Waals surface area contributed by atoms with Crippen molar-refractivity contribution >= 4 is 16.0 Å². The zero-order valence-corrected chi connectivity index (χ0v) is 17.6. The number of sulfonamides is 1. The summed E-state index contributed by atoms with van der Waals surface area (Å²) in [7, 11) is -5.25. The number of likely N-dealkylation sites (tertiary alicyclic amines) is 1. The minimum Gasteiger partial charge on any atom is -0.393 e. The molecule has 0 bridgehead atoms. The Hall–Kier alpha value is -1.11. The summed E-state index contributed by atoms with van der Waals surface area (Å²) < 4.78 is 61.5. The van der Waals surface area contributed by atoms with Crippen LogP contribution in [0.5, 0.6) is 0 Å². The van der Waals surface area contributed by atoms with Crippen LogP contribution >= 0.6 is 0 Å². The Morgan fingerprint density at radius 3 is 2.31 bits per heavy atom. The summed E-state index contributed by atoms with van der Waals surface area (Å²) in [6.45, 7) is 5.54. The molecule has 0 aromatic rings. The van der Waals surface area contributed by atoms with E-state index in [1.807, 2.05) is 6.92 Å². The maximum absolute atomic E-state index is 12.7. The predicted molar refractivity (Wildman–Crippen MR) is 105 cm³/mol. The van der Waals surface area contributed by atoms with Gasteiger partial charge in [0.1, 0.15) is 0 Å². The van der Waals surface area contributed by atoms with Crippen molar-refractivity contribution in [3.8, 4) is 0 Å². The van der Waals surface area contributed by atoms with Crippen LogP contribution < -0.4 is 10.6 Å². The number of nitrogens with one attached hydrogen (secondary N) is 2. The Labute approximate surface area is 170 Å². The molecule has 8 nitrogen and oxygen atoms in total. The molecule has 2 heterocycles. The molecule has 2 aliphatic heterocycles. The highest BCUT2D eigenvalue weighted by atomic mass is 32.2. The topological polar surface area (TPSA) is 97.3 Å². The van der Waals surface area contributed by atoms with Gasteiger partial charge in [-0.05, 0) is 45.6 Å². The highest BCUT2D eigenvalue weighted by Crippen LogP contribution is 2.28. The van der Waals surface area contributed by atoms with Crippen LogP contribution in [0, 0.1) is 0 Å². The van der Waals surface area contributed by atoms with Crippen molar-refractivity contribution in [3.63, 3.8) is 0 Å². The van der Waals surface area contributed by atoms with Crippen molar-refractivity contribution in [2.75, 3.05) is 45.8 Å². The first kappa shape index (κ1) is 24.2. The van der Waals surface area contributed by atoms with Gasteiger partial charge >= 0.3 is 15.5 Å². The molecule has 0 aliphatic carbocycles. The number of aliphatic hydroxyl groups is 1. The van der Waals surface area contributed by atoms with Crippen molar-refractivity contribution in [1.82, 2.24) is 19.8 Å².